The van der Waals surface area contributed by atoms with Gasteiger partial charge in [-0.15, -0.1) is 5.10 Å². The van der Waals surface area contributed by atoms with Crippen molar-refractivity contribution in [3.05, 3.63) is 59.3 Å². The molecule has 3 rings (SSSR count). The fourth-order valence-corrected chi connectivity index (χ4v) is 3.49. The highest BCUT2D eigenvalue weighted by Crippen LogP contribution is 2.41. The molecule has 2 aromatic rings. The Bertz CT molecular complexity index is 846. The molecule has 4 nitrogen and oxygen atoms in total. The molecule has 1 aromatic carbocycles. The van der Waals surface area contributed by atoms with Crippen LogP contribution < -0.4 is 0 Å². The molecule has 0 spiro atoms. The van der Waals surface area contributed by atoms with Crippen LogP contribution >= 0.6 is 0 Å². The minimum Gasteiger partial charge on any atom is -0.337 e. The molecular formula is C20H21F2N3O. The van der Waals surface area contributed by atoms with E-state index in [1.165, 1.54) is 25.1 Å². The van der Waals surface area contributed by atoms with Gasteiger partial charge in [0, 0.05) is 19.9 Å². The molecule has 1 aromatic heterocycles. The van der Waals surface area contributed by atoms with Crippen LogP contribution in [0.2, 0.25) is 0 Å². The van der Waals surface area contributed by atoms with Crippen molar-refractivity contribution in [2.45, 2.75) is 38.6 Å². The summed E-state index contributed by atoms with van der Waals surface area (Å²) >= 11 is 0. The fourth-order valence-electron chi connectivity index (χ4n) is 3.49. The lowest BCUT2D eigenvalue weighted by molar-refractivity contribution is -0.130. The summed E-state index contributed by atoms with van der Waals surface area (Å²) in [6.07, 6.45) is 5.59. The minimum absolute atomic E-state index is 0.0588. The Labute approximate surface area is 151 Å². The average molecular weight is 357 g/mol. The number of hydrogen-bond donors (Lipinski definition) is 0. The normalized spacial score (nSPS) is 19.4. The number of rotatable bonds is 3. The van der Waals surface area contributed by atoms with Gasteiger partial charge in [-0.3, -0.25) is 4.79 Å². The third-order valence-corrected chi connectivity index (χ3v) is 4.93. The van der Waals surface area contributed by atoms with Crippen LogP contribution in [0.15, 0.2) is 36.4 Å². The van der Waals surface area contributed by atoms with Crippen LogP contribution in [0, 0.1) is 11.6 Å². The van der Waals surface area contributed by atoms with Crippen molar-refractivity contribution >= 4 is 5.91 Å². The van der Waals surface area contributed by atoms with Crippen molar-refractivity contribution < 1.29 is 13.6 Å². The zero-order valence-corrected chi connectivity index (χ0v) is 15.0. The molecule has 26 heavy (non-hydrogen) atoms. The number of nitrogens with zero attached hydrogens (tertiary/aromatic N) is 3. The van der Waals surface area contributed by atoms with E-state index >= 15 is 0 Å². The standard InChI is InChI=1S/C20H21F2N3O/c1-4-6-13-9-10-18(25(3)12(2)26)20-14(13)11-17(23-24-20)19-15(21)7-5-8-16(19)22/h4-8,11,13,18H,9-10H2,1-3H3/b6-4-/t13-,18?/m0/s1. The van der Waals surface area contributed by atoms with E-state index in [4.69, 9.17) is 0 Å². The number of carbonyl (C=O) groups excluding carboxylic acids is 1. The predicted octanol–water partition coefficient (Wildman–Crippen LogP) is 4.39. The lowest BCUT2D eigenvalue weighted by Crippen LogP contribution is -2.33. The first-order valence-electron chi connectivity index (χ1n) is 8.62. The molecule has 1 amide bonds. The number of aromatic nitrogens is 2. The maximum absolute atomic E-state index is 14.1. The van der Waals surface area contributed by atoms with Crippen molar-refractivity contribution in [2.24, 2.45) is 0 Å². The summed E-state index contributed by atoms with van der Waals surface area (Å²) in [7, 11) is 1.74. The quantitative estimate of drug-likeness (QED) is 0.765. The Morgan fingerprint density at radius 2 is 1.92 bits per heavy atom. The van der Waals surface area contributed by atoms with E-state index in [2.05, 4.69) is 10.2 Å². The van der Waals surface area contributed by atoms with Gasteiger partial charge in [0.1, 0.15) is 11.6 Å². The first-order chi connectivity index (χ1) is 12.4. The number of benzene rings is 1. The summed E-state index contributed by atoms with van der Waals surface area (Å²) in [6.45, 7) is 3.44. The van der Waals surface area contributed by atoms with Gasteiger partial charge >= 0.3 is 0 Å². The number of allylic oxidation sites excluding steroid dienone is 2. The average Bonchev–Trinajstić information content (AvgIpc) is 2.61. The van der Waals surface area contributed by atoms with E-state index in [0.717, 1.165) is 18.4 Å². The Balaban J connectivity index is 2.14. The molecular weight excluding hydrogens is 336 g/mol. The Kier molecular flexibility index (Phi) is 5.11. The molecule has 136 valence electrons. The molecule has 1 unspecified atom stereocenters. The zero-order valence-electron chi connectivity index (χ0n) is 15.0. The molecule has 2 atom stereocenters. The van der Waals surface area contributed by atoms with Crippen LogP contribution in [0.1, 0.15) is 49.9 Å². The van der Waals surface area contributed by atoms with Crippen LogP contribution in [-0.2, 0) is 4.79 Å². The molecule has 0 radical (unpaired) electrons. The Hall–Kier alpha value is -2.63. The highest BCUT2D eigenvalue weighted by molar-refractivity contribution is 5.73. The van der Waals surface area contributed by atoms with E-state index in [1.54, 1.807) is 18.0 Å². The Morgan fingerprint density at radius 3 is 2.54 bits per heavy atom. The van der Waals surface area contributed by atoms with Crippen molar-refractivity contribution in [2.75, 3.05) is 7.05 Å². The van der Waals surface area contributed by atoms with Crippen LogP contribution in [0.5, 0.6) is 0 Å². The van der Waals surface area contributed by atoms with Crippen molar-refractivity contribution in [3.8, 4) is 11.3 Å². The van der Waals surface area contributed by atoms with E-state index < -0.39 is 11.6 Å². The van der Waals surface area contributed by atoms with E-state index in [-0.39, 0.29) is 29.1 Å². The lowest BCUT2D eigenvalue weighted by atomic mass is 9.82. The van der Waals surface area contributed by atoms with Crippen LogP contribution in [0.3, 0.4) is 0 Å². The summed E-state index contributed by atoms with van der Waals surface area (Å²) in [6, 6.07) is 5.25. The minimum atomic E-state index is -0.671. The van der Waals surface area contributed by atoms with Gasteiger partial charge in [-0.1, -0.05) is 18.2 Å². The van der Waals surface area contributed by atoms with E-state index in [0.29, 0.717) is 5.69 Å². The second kappa shape index (κ2) is 7.32. The highest BCUT2D eigenvalue weighted by atomic mass is 19.1. The number of hydrogen-bond acceptors (Lipinski definition) is 3. The van der Waals surface area contributed by atoms with Crippen LogP contribution in [-0.4, -0.2) is 28.1 Å². The fraction of sp³-hybridized carbons (Fsp3) is 0.350. The summed E-state index contributed by atoms with van der Waals surface area (Å²) in [5.41, 5.74) is 1.54. The van der Waals surface area contributed by atoms with Gasteiger partial charge in [-0.05, 0) is 43.5 Å². The van der Waals surface area contributed by atoms with Gasteiger partial charge in [0.25, 0.3) is 0 Å². The van der Waals surface area contributed by atoms with Crippen molar-refractivity contribution in [3.63, 3.8) is 0 Å². The lowest BCUT2D eigenvalue weighted by Gasteiger charge is -2.34. The first kappa shape index (κ1) is 18.2. The number of carbonyl (C=O) groups is 1. The molecule has 0 fully saturated rings. The number of fused-ring (bicyclic) bond motifs is 1. The second-order valence-electron chi connectivity index (χ2n) is 6.52. The van der Waals surface area contributed by atoms with Crippen molar-refractivity contribution in [1.82, 2.24) is 15.1 Å². The molecule has 0 saturated heterocycles. The topological polar surface area (TPSA) is 46.1 Å². The van der Waals surface area contributed by atoms with Gasteiger partial charge in [-0.2, -0.15) is 5.10 Å². The third-order valence-electron chi connectivity index (χ3n) is 4.93. The summed E-state index contributed by atoms with van der Waals surface area (Å²) in [5.74, 6) is -1.32. The molecule has 1 aliphatic carbocycles. The largest absolute Gasteiger partial charge is 0.337 e. The van der Waals surface area contributed by atoms with Crippen LogP contribution in [0.25, 0.3) is 11.3 Å². The van der Waals surface area contributed by atoms with Crippen molar-refractivity contribution in [1.29, 1.82) is 0 Å². The van der Waals surface area contributed by atoms with Gasteiger partial charge in [0.15, 0.2) is 0 Å². The van der Waals surface area contributed by atoms with E-state index in [1.807, 2.05) is 19.1 Å². The smallest absolute Gasteiger partial charge is 0.219 e. The summed E-state index contributed by atoms with van der Waals surface area (Å²) < 4.78 is 28.3. The maximum atomic E-state index is 14.1. The SMILES string of the molecule is C/C=C\[C@H]1CCC(N(C)C(C)=O)c2nnc(-c3c(F)cccc3F)cc21. The molecule has 0 N–H and O–H groups in total. The Morgan fingerprint density at radius 1 is 1.23 bits per heavy atom. The zero-order chi connectivity index (χ0) is 18.8. The molecule has 0 bridgehead atoms. The van der Waals surface area contributed by atoms with Gasteiger partial charge < -0.3 is 4.90 Å². The predicted molar refractivity (Wildman–Crippen MR) is 95.4 cm³/mol. The third kappa shape index (κ3) is 3.23. The monoisotopic (exact) mass is 357 g/mol. The van der Waals surface area contributed by atoms with Gasteiger partial charge in [-0.25, -0.2) is 8.78 Å². The van der Waals surface area contributed by atoms with Gasteiger partial charge in [0.2, 0.25) is 5.91 Å². The number of halogens is 2. The number of amides is 1. The maximum Gasteiger partial charge on any atom is 0.219 e. The first-order valence-corrected chi connectivity index (χ1v) is 8.62. The van der Waals surface area contributed by atoms with Crippen LogP contribution in [0.4, 0.5) is 8.78 Å². The molecule has 6 heteroatoms. The molecule has 0 saturated carbocycles. The molecule has 0 aliphatic heterocycles. The summed E-state index contributed by atoms with van der Waals surface area (Å²) in [5, 5.41) is 8.36. The molecule has 1 aliphatic rings. The highest BCUT2D eigenvalue weighted by Gasteiger charge is 2.32. The van der Waals surface area contributed by atoms with E-state index in [9.17, 15) is 13.6 Å². The summed E-state index contributed by atoms with van der Waals surface area (Å²) in [4.78, 5) is 13.4. The molecule has 1 heterocycles. The second-order valence-corrected chi connectivity index (χ2v) is 6.52. The van der Waals surface area contributed by atoms with Gasteiger partial charge in [0.05, 0.1) is 23.0 Å².